The number of thiophene rings is 1. The Hall–Kier alpha value is -3.10. The number of nitrogens with one attached hydrogen (secondary N) is 2. The predicted octanol–water partition coefficient (Wildman–Crippen LogP) is 6.29. The minimum absolute atomic E-state index is 0.170. The van der Waals surface area contributed by atoms with Crippen LogP contribution in [0.3, 0.4) is 0 Å². The van der Waals surface area contributed by atoms with Gasteiger partial charge in [0.15, 0.2) is 5.16 Å². The largest absolute Gasteiger partial charge is 0.495 e. The standard InChI is InChI=1S/C26H27N3O3S2/c1-5-21(23(30)27-19-8-6-7-9-20(19)32-4)34-26-28-24(31)22-18(14-33-25(22)29-26)17-12-10-16(11-13-17)15(2)3/h6-15,21H,5H2,1-4H3,(H,27,30)(H,28,29,31). The minimum Gasteiger partial charge on any atom is -0.495 e. The van der Waals surface area contributed by atoms with Crippen LogP contribution < -0.4 is 15.6 Å². The monoisotopic (exact) mass is 493 g/mol. The molecule has 0 bridgehead atoms. The van der Waals surface area contributed by atoms with Crippen molar-refractivity contribution in [2.75, 3.05) is 12.4 Å². The maximum Gasteiger partial charge on any atom is 0.260 e. The van der Waals surface area contributed by atoms with Crippen LogP contribution in [0.1, 0.15) is 38.7 Å². The minimum atomic E-state index is -0.423. The van der Waals surface area contributed by atoms with Crippen molar-refractivity contribution in [2.45, 2.75) is 43.5 Å². The topological polar surface area (TPSA) is 84.1 Å². The van der Waals surface area contributed by atoms with Gasteiger partial charge in [-0.05, 0) is 35.6 Å². The average Bonchev–Trinajstić information content (AvgIpc) is 3.27. The van der Waals surface area contributed by atoms with Gasteiger partial charge in [0.05, 0.1) is 23.4 Å². The van der Waals surface area contributed by atoms with Gasteiger partial charge in [-0.15, -0.1) is 11.3 Å². The number of amides is 1. The van der Waals surface area contributed by atoms with Gasteiger partial charge in [0.1, 0.15) is 10.6 Å². The maximum atomic E-state index is 13.0. The van der Waals surface area contributed by atoms with E-state index in [4.69, 9.17) is 4.74 Å². The Morgan fingerprint density at radius 1 is 1.18 bits per heavy atom. The third-order valence-corrected chi connectivity index (χ3v) is 7.71. The number of carbonyl (C=O) groups is 1. The Labute approximate surface area is 206 Å². The zero-order valence-corrected chi connectivity index (χ0v) is 21.2. The van der Waals surface area contributed by atoms with Crippen LogP contribution in [0.2, 0.25) is 0 Å². The fourth-order valence-corrected chi connectivity index (χ4v) is 5.57. The maximum absolute atomic E-state index is 13.0. The van der Waals surface area contributed by atoms with Crippen LogP contribution in [0.15, 0.2) is 63.9 Å². The normalized spacial score (nSPS) is 12.1. The van der Waals surface area contributed by atoms with E-state index in [2.05, 4.69) is 41.3 Å². The van der Waals surface area contributed by atoms with Crippen LogP contribution in [0.25, 0.3) is 21.3 Å². The highest BCUT2D eigenvalue weighted by Gasteiger charge is 2.22. The number of fused-ring (bicyclic) bond motifs is 1. The van der Waals surface area contributed by atoms with Gasteiger partial charge in [0, 0.05) is 10.9 Å². The molecule has 0 spiro atoms. The summed E-state index contributed by atoms with van der Waals surface area (Å²) in [5.41, 5.74) is 3.53. The molecule has 0 aliphatic heterocycles. The van der Waals surface area contributed by atoms with Crippen LogP contribution in [0.4, 0.5) is 5.69 Å². The van der Waals surface area contributed by atoms with Crippen molar-refractivity contribution in [2.24, 2.45) is 0 Å². The molecule has 2 aromatic carbocycles. The number of rotatable bonds is 8. The first-order valence-corrected chi connectivity index (χ1v) is 12.9. The van der Waals surface area contributed by atoms with E-state index in [0.717, 1.165) is 11.1 Å². The molecule has 4 aromatic rings. The quantitative estimate of drug-likeness (QED) is 0.222. The first kappa shape index (κ1) is 24.0. The summed E-state index contributed by atoms with van der Waals surface area (Å²) in [6, 6.07) is 15.6. The lowest BCUT2D eigenvalue weighted by Crippen LogP contribution is -2.25. The van der Waals surface area contributed by atoms with E-state index in [-0.39, 0.29) is 11.5 Å². The summed E-state index contributed by atoms with van der Waals surface area (Å²) >= 11 is 2.69. The van der Waals surface area contributed by atoms with E-state index in [9.17, 15) is 9.59 Å². The number of methoxy groups -OCH3 is 1. The van der Waals surface area contributed by atoms with Crippen molar-refractivity contribution in [1.29, 1.82) is 0 Å². The molecular weight excluding hydrogens is 466 g/mol. The highest BCUT2D eigenvalue weighted by Crippen LogP contribution is 2.33. The van der Waals surface area contributed by atoms with Gasteiger partial charge in [0.2, 0.25) is 5.91 Å². The number of thioether (sulfide) groups is 1. The van der Waals surface area contributed by atoms with Crippen LogP contribution in [-0.2, 0) is 4.79 Å². The third-order valence-electron chi connectivity index (χ3n) is 5.59. The van der Waals surface area contributed by atoms with Crippen LogP contribution in [-0.4, -0.2) is 28.2 Å². The Morgan fingerprint density at radius 3 is 2.59 bits per heavy atom. The number of carbonyl (C=O) groups excluding carboxylic acids is 1. The molecule has 1 amide bonds. The number of nitrogens with zero attached hydrogens (tertiary/aromatic N) is 1. The summed E-state index contributed by atoms with van der Waals surface area (Å²) in [6.45, 7) is 6.24. The van der Waals surface area contributed by atoms with Crippen molar-refractivity contribution in [1.82, 2.24) is 9.97 Å². The summed E-state index contributed by atoms with van der Waals surface area (Å²) in [5, 5.41) is 5.48. The lowest BCUT2D eigenvalue weighted by molar-refractivity contribution is -0.115. The van der Waals surface area contributed by atoms with Crippen molar-refractivity contribution in [3.05, 3.63) is 69.8 Å². The molecule has 1 atom stereocenters. The number of hydrogen-bond acceptors (Lipinski definition) is 6. The van der Waals surface area contributed by atoms with Gasteiger partial charge in [-0.2, -0.15) is 0 Å². The van der Waals surface area contributed by atoms with Gasteiger partial charge in [-0.1, -0.05) is 68.9 Å². The number of H-pyrrole nitrogens is 1. The third kappa shape index (κ3) is 5.03. The highest BCUT2D eigenvalue weighted by molar-refractivity contribution is 8.00. The molecule has 34 heavy (non-hydrogen) atoms. The molecular formula is C26H27N3O3S2. The Morgan fingerprint density at radius 2 is 1.91 bits per heavy atom. The fraction of sp³-hybridized carbons (Fsp3) is 0.269. The average molecular weight is 494 g/mol. The van der Waals surface area contributed by atoms with E-state index in [1.807, 2.05) is 36.6 Å². The molecule has 8 heteroatoms. The number of hydrogen-bond donors (Lipinski definition) is 2. The zero-order valence-electron chi connectivity index (χ0n) is 19.5. The molecule has 0 fully saturated rings. The summed E-state index contributed by atoms with van der Waals surface area (Å²) in [6.07, 6.45) is 0.575. The van der Waals surface area contributed by atoms with Gasteiger partial charge >= 0.3 is 0 Å². The van der Waals surface area contributed by atoms with Crippen LogP contribution >= 0.6 is 23.1 Å². The van der Waals surface area contributed by atoms with E-state index in [1.54, 1.807) is 19.2 Å². The van der Waals surface area contributed by atoms with Crippen molar-refractivity contribution < 1.29 is 9.53 Å². The molecule has 0 aliphatic rings. The number of benzene rings is 2. The number of aromatic amines is 1. The van der Waals surface area contributed by atoms with E-state index < -0.39 is 5.25 Å². The second kappa shape index (κ2) is 10.4. The number of aromatic nitrogens is 2. The number of anilines is 1. The predicted molar refractivity (Wildman–Crippen MR) is 141 cm³/mol. The zero-order chi connectivity index (χ0) is 24.2. The lowest BCUT2D eigenvalue weighted by Gasteiger charge is -2.15. The summed E-state index contributed by atoms with van der Waals surface area (Å²) < 4.78 is 5.32. The first-order valence-electron chi connectivity index (χ1n) is 11.1. The van der Waals surface area contributed by atoms with Crippen molar-refractivity contribution in [3.8, 4) is 16.9 Å². The van der Waals surface area contributed by atoms with Crippen LogP contribution in [0, 0.1) is 0 Å². The smallest absolute Gasteiger partial charge is 0.260 e. The second-order valence-electron chi connectivity index (χ2n) is 8.18. The number of para-hydroxylation sites is 2. The molecule has 0 radical (unpaired) electrons. The molecule has 2 aromatic heterocycles. The molecule has 4 rings (SSSR count). The molecule has 0 saturated carbocycles. The molecule has 0 aliphatic carbocycles. The molecule has 6 nitrogen and oxygen atoms in total. The Bertz CT molecular complexity index is 1360. The van der Waals surface area contributed by atoms with Gasteiger partial charge < -0.3 is 15.0 Å². The van der Waals surface area contributed by atoms with E-state index in [1.165, 1.54) is 28.7 Å². The summed E-state index contributed by atoms with van der Waals surface area (Å²) in [5.74, 6) is 0.873. The molecule has 2 heterocycles. The van der Waals surface area contributed by atoms with E-state index >= 15 is 0 Å². The molecule has 0 saturated heterocycles. The van der Waals surface area contributed by atoms with Gasteiger partial charge in [0.25, 0.3) is 5.56 Å². The molecule has 2 N–H and O–H groups in total. The summed E-state index contributed by atoms with van der Waals surface area (Å²) in [7, 11) is 1.56. The first-order chi connectivity index (χ1) is 16.4. The fourth-order valence-electron chi connectivity index (χ4n) is 3.66. The Kier molecular flexibility index (Phi) is 7.38. The molecule has 1 unspecified atom stereocenters. The Balaban J connectivity index is 1.57. The van der Waals surface area contributed by atoms with Gasteiger partial charge in [-0.3, -0.25) is 9.59 Å². The summed E-state index contributed by atoms with van der Waals surface area (Å²) in [4.78, 5) is 34.2. The lowest BCUT2D eigenvalue weighted by atomic mass is 9.99. The van der Waals surface area contributed by atoms with Crippen LogP contribution in [0.5, 0.6) is 5.75 Å². The van der Waals surface area contributed by atoms with Gasteiger partial charge in [-0.25, -0.2) is 4.98 Å². The molecule has 176 valence electrons. The highest BCUT2D eigenvalue weighted by atomic mass is 32.2. The van der Waals surface area contributed by atoms with Crippen molar-refractivity contribution >= 4 is 44.9 Å². The van der Waals surface area contributed by atoms with Crippen molar-refractivity contribution in [3.63, 3.8) is 0 Å². The number of ether oxygens (including phenoxy) is 1. The van der Waals surface area contributed by atoms with E-state index in [0.29, 0.717) is 39.1 Å². The SMILES string of the molecule is CCC(Sc1nc2scc(-c3ccc(C(C)C)cc3)c2c(=O)[nH]1)C(=O)Nc1ccccc1OC. The second-order valence-corrected chi connectivity index (χ2v) is 10.2.